The first-order valence-corrected chi connectivity index (χ1v) is 12.5. The molecule has 4 rings (SSSR count). The highest BCUT2D eigenvalue weighted by Crippen LogP contribution is 2.42. The Bertz CT molecular complexity index is 1120. The minimum absolute atomic E-state index is 0.0678. The van der Waals surface area contributed by atoms with Crippen LogP contribution >= 0.6 is 0 Å². The van der Waals surface area contributed by atoms with Crippen molar-refractivity contribution in [3.8, 4) is 17.2 Å². The van der Waals surface area contributed by atoms with E-state index in [2.05, 4.69) is 4.90 Å². The fraction of sp³-hybridized carbons (Fsp3) is 0.429. The number of amides is 1. The van der Waals surface area contributed by atoms with Crippen molar-refractivity contribution >= 4 is 17.4 Å². The van der Waals surface area contributed by atoms with E-state index in [9.17, 15) is 14.7 Å². The van der Waals surface area contributed by atoms with Crippen LogP contribution in [0.1, 0.15) is 43.9 Å². The molecular weight excluding hydrogens is 460 g/mol. The number of benzene rings is 2. The number of aliphatic hydroxyl groups is 1. The summed E-state index contributed by atoms with van der Waals surface area (Å²) in [6.07, 6.45) is 2.27. The lowest BCUT2D eigenvalue weighted by Gasteiger charge is -2.28. The summed E-state index contributed by atoms with van der Waals surface area (Å²) in [5.41, 5.74) is 1.19. The smallest absolute Gasteiger partial charge is 0.295 e. The Balaban J connectivity index is 1.79. The number of carbonyl (C=O) groups excluding carboxylic acids is 2. The molecule has 0 bridgehead atoms. The van der Waals surface area contributed by atoms with Crippen LogP contribution in [0.15, 0.2) is 48.0 Å². The van der Waals surface area contributed by atoms with Crippen LogP contribution in [0.3, 0.4) is 0 Å². The van der Waals surface area contributed by atoms with Crippen LogP contribution in [0.25, 0.3) is 5.76 Å². The van der Waals surface area contributed by atoms with Crippen LogP contribution in [-0.4, -0.2) is 73.1 Å². The Kier molecular flexibility index (Phi) is 8.15. The summed E-state index contributed by atoms with van der Waals surface area (Å²) in [6.45, 7) is 7.71. The van der Waals surface area contributed by atoms with Gasteiger partial charge in [0.15, 0.2) is 11.5 Å². The number of nitrogens with zero attached hydrogens (tertiary/aromatic N) is 2. The second-order valence-corrected chi connectivity index (χ2v) is 8.84. The largest absolute Gasteiger partial charge is 0.507 e. The first-order chi connectivity index (χ1) is 17.5. The third-order valence-electron chi connectivity index (χ3n) is 6.64. The number of aliphatic hydroxyl groups excluding tert-OH is 1. The first kappa shape index (κ1) is 25.6. The molecule has 2 aromatic carbocycles. The number of ether oxygens (including phenoxy) is 3. The van der Waals surface area contributed by atoms with Crippen LogP contribution in [0.4, 0.5) is 0 Å². The summed E-state index contributed by atoms with van der Waals surface area (Å²) in [4.78, 5) is 30.4. The van der Waals surface area contributed by atoms with Gasteiger partial charge in [-0.15, -0.1) is 0 Å². The minimum atomic E-state index is -0.746. The molecule has 1 unspecified atom stereocenters. The highest BCUT2D eigenvalue weighted by atomic mass is 16.5. The van der Waals surface area contributed by atoms with Crippen LogP contribution in [0, 0.1) is 0 Å². The van der Waals surface area contributed by atoms with Crippen molar-refractivity contribution < 1.29 is 28.9 Å². The zero-order valence-corrected chi connectivity index (χ0v) is 21.2. The number of rotatable bonds is 10. The van der Waals surface area contributed by atoms with Gasteiger partial charge in [0.1, 0.15) is 11.5 Å². The van der Waals surface area contributed by atoms with Gasteiger partial charge in [-0.1, -0.05) is 6.07 Å². The van der Waals surface area contributed by atoms with Crippen molar-refractivity contribution in [3.05, 3.63) is 59.2 Å². The van der Waals surface area contributed by atoms with Gasteiger partial charge < -0.3 is 29.1 Å². The molecule has 1 N–H and O–H groups in total. The highest BCUT2D eigenvalue weighted by molar-refractivity contribution is 6.46. The van der Waals surface area contributed by atoms with Gasteiger partial charge in [-0.05, 0) is 81.7 Å². The van der Waals surface area contributed by atoms with Crippen LogP contribution in [0.5, 0.6) is 17.2 Å². The summed E-state index contributed by atoms with van der Waals surface area (Å²) in [6, 6.07) is 11.4. The molecule has 0 spiro atoms. The van der Waals surface area contributed by atoms with E-state index >= 15 is 0 Å². The second-order valence-electron chi connectivity index (χ2n) is 8.84. The number of hydrogen-bond donors (Lipinski definition) is 1. The second kappa shape index (κ2) is 11.5. The van der Waals surface area contributed by atoms with Gasteiger partial charge in [0.25, 0.3) is 11.7 Å². The molecule has 8 heteroatoms. The van der Waals surface area contributed by atoms with Gasteiger partial charge >= 0.3 is 0 Å². The number of Topliss-reactive ketones (excluding diaryl/α,β-unsaturated/α-hetero) is 1. The zero-order valence-electron chi connectivity index (χ0n) is 21.2. The fourth-order valence-electron chi connectivity index (χ4n) is 4.85. The summed E-state index contributed by atoms with van der Waals surface area (Å²) >= 11 is 0. The molecule has 2 aliphatic heterocycles. The number of methoxy groups -OCH3 is 1. The lowest BCUT2D eigenvalue weighted by atomic mass is 9.95. The Morgan fingerprint density at radius 1 is 0.944 bits per heavy atom. The van der Waals surface area contributed by atoms with Crippen molar-refractivity contribution in [1.82, 2.24) is 9.80 Å². The van der Waals surface area contributed by atoms with Crippen molar-refractivity contribution in [2.75, 3.05) is 46.5 Å². The minimum Gasteiger partial charge on any atom is -0.507 e. The summed E-state index contributed by atoms with van der Waals surface area (Å²) in [5.74, 6) is 0.236. The van der Waals surface area contributed by atoms with Crippen molar-refractivity contribution in [2.24, 2.45) is 0 Å². The molecule has 0 radical (unpaired) electrons. The van der Waals surface area contributed by atoms with Crippen LogP contribution in [0.2, 0.25) is 0 Å². The third-order valence-corrected chi connectivity index (χ3v) is 6.64. The number of ketones is 1. The molecule has 2 heterocycles. The molecule has 0 saturated carbocycles. The van der Waals surface area contributed by atoms with Gasteiger partial charge in [0, 0.05) is 18.7 Å². The van der Waals surface area contributed by atoms with E-state index in [-0.39, 0.29) is 11.3 Å². The predicted molar refractivity (Wildman–Crippen MR) is 136 cm³/mol. The normalized spacial score (nSPS) is 19.6. The number of hydrogen-bond acceptors (Lipinski definition) is 7. The third kappa shape index (κ3) is 5.18. The van der Waals surface area contributed by atoms with E-state index < -0.39 is 17.7 Å². The molecule has 2 aliphatic rings. The van der Waals surface area contributed by atoms with Gasteiger partial charge in [0.05, 0.1) is 31.9 Å². The van der Waals surface area contributed by atoms with Crippen molar-refractivity contribution in [1.29, 1.82) is 0 Å². The standard InChI is InChI=1S/C28H34N2O6/c1-4-35-22-13-10-20(18-23(22)36-5-2)25-24(26(31)19-8-11-21(34-3)12-9-19)27(32)28(33)30(25)17-16-29-14-6-7-15-29/h8-13,18,25,31H,4-7,14-17H2,1-3H3/b26-24+. The number of carbonyl (C=O) groups is 2. The Hall–Kier alpha value is -3.52. The van der Waals surface area contributed by atoms with E-state index in [1.54, 1.807) is 48.4 Å². The molecule has 0 aliphatic carbocycles. The summed E-state index contributed by atoms with van der Waals surface area (Å²) in [7, 11) is 1.56. The average molecular weight is 495 g/mol. The first-order valence-electron chi connectivity index (χ1n) is 12.5. The highest BCUT2D eigenvalue weighted by Gasteiger charge is 2.46. The summed E-state index contributed by atoms with van der Waals surface area (Å²) < 4.78 is 16.7. The van der Waals surface area contributed by atoms with Gasteiger partial charge in [-0.25, -0.2) is 0 Å². The predicted octanol–water partition coefficient (Wildman–Crippen LogP) is 4.01. The molecule has 8 nitrogen and oxygen atoms in total. The Labute approximate surface area is 212 Å². The van der Waals surface area contributed by atoms with E-state index in [4.69, 9.17) is 14.2 Å². The molecule has 1 amide bonds. The Morgan fingerprint density at radius 2 is 1.61 bits per heavy atom. The zero-order chi connectivity index (χ0) is 25.7. The van der Waals surface area contributed by atoms with Gasteiger partial charge in [0.2, 0.25) is 0 Å². The van der Waals surface area contributed by atoms with Crippen LogP contribution in [-0.2, 0) is 9.59 Å². The SMILES string of the molecule is CCOc1ccc(C2/C(=C(\O)c3ccc(OC)cc3)C(=O)C(=O)N2CCN2CCCC2)cc1OCC. The monoisotopic (exact) mass is 494 g/mol. The molecule has 2 saturated heterocycles. The van der Waals surface area contributed by atoms with Crippen molar-refractivity contribution in [2.45, 2.75) is 32.7 Å². The van der Waals surface area contributed by atoms with Crippen molar-refractivity contribution in [3.63, 3.8) is 0 Å². The molecule has 2 aromatic rings. The molecule has 2 fully saturated rings. The molecular formula is C28H34N2O6. The fourth-order valence-corrected chi connectivity index (χ4v) is 4.85. The maximum Gasteiger partial charge on any atom is 0.295 e. The van der Waals surface area contributed by atoms with E-state index in [0.29, 0.717) is 54.7 Å². The lowest BCUT2D eigenvalue weighted by Crippen LogP contribution is -2.37. The van der Waals surface area contributed by atoms with Gasteiger partial charge in [-0.3, -0.25) is 9.59 Å². The molecule has 36 heavy (non-hydrogen) atoms. The maximum atomic E-state index is 13.3. The number of likely N-dealkylation sites (tertiary alicyclic amines) is 2. The Morgan fingerprint density at radius 3 is 2.25 bits per heavy atom. The summed E-state index contributed by atoms with van der Waals surface area (Å²) in [5, 5.41) is 11.3. The maximum absolute atomic E-state index is 13.3. The molecule has 0 aromatic heterocycles. The molecule has 192 valence electrons. The topological polar surface area (TPSA) is 88.5 Å². The lowest BCUT2D eigenvalue weighted by molar-refractivity contribution is -0.140. The average Bonchev–Trinajstić information content (AvgIpc) is 3.50. The van der Waals surface area contributed by atoms with E-state index in [0.717, 1.165) is 25.9 Å². The van der Waals surface area contributed by atoms with Gasteiger partial charge in [-0.2, -0.15) is 0 Å². The van der Waals surface area contributed by atoms with E-state index in [1.165, 1.54) is 0 Å². The molecule has 1 atom stereocenters. The van der Waals surface area contributed by atoms with E-state index in [1.807, 2.05) is 19.9 Å². The van der Waals surface area contributed by atoms with Crippen LogP contribution < -0.4 is 14.2 Å². The quantitative estimate of drug-likeness (QED) is 0.303.